The van der Waals surface area contributed by atoms with Crippen molar-refractivity contribution in [2.45, 2.75) is 77.2 Å². The minimum Gasteiger partial charge on any atom is -0.456 e. The maximum Gasteiger partial charge on any atom is 0.306 e. The monoisotopic (exact) mass is 383 g/mol. The van der Waals surface area contributed by atoms with Gasteiger partial charge in [0.05, 0.1) is 0 Å². The number of rotatable bonds is 14. The van der Waals surface area contributed by atoms with Gasteiger partial charge in [-0.1, -0.05) is 88.6 Å². The number of halogens is 1. The third kappa shape index (κ3) is 12.3. The van der Waals surface area contributed by atoms with Gasteiger partial charge in [0.1, 0.15) is 6.10 Å². The van der Waals surface area contributed by atoms with E-state index in [2.05, 4.69) is 11.8 Å². The van der Waals surface area contributed by atoms with Crippen molar-refractivity contribution in [1.82, 2.24) is 4.90 Å². The molecule has 150 valence electrons. The lowest BCUT2D eigenvalue weighted by atomic mass is 10.1. The Morgan fingerprint density at radius 1 is 0.923 bits per heavy atom. The van der Waals surface area contributed by atoms with Gasteiger partial charge in [-0.2, -0.15) is 0 Å². The van der Waals surface area contributed by atoms with Gasteiger partial charge in [0.15, 0.2) is 0 Å². The van der Waals surface area contributed by atoms with Crippen LogP contribution in [0.4, 0.5) is 0 Å². The van der Waals surface area contributed by atoms with Gasteiger partial charge in [0, 0.05) is 13.0 Å². The van der Waals surface area contributed by atoms with Crippen LogP contribution in [0.5, 0.6) is 0 Å². The molecule has 0 saturated carbocycles. The van der Waals surface area contributed by atoms with Crippen LogP contribution < -0.4 is 0 Å². The molecule has 1 unspecified atom stereocenters. The van der Waals surface area contributed by atoms with Gasteiger partial charge in [-0.3, -0.25) is 4.79 Å². The normalized spacial score (nSPS) is 11.8. The fourth-order valence-electron chi connectivity index (χ4n) is 3.01. The van der Waals surface area contributed by atoms with Crippen LogP contribution in [0.15, 0.2) is 30.3 Å². The molecular formula is C22H38ClNO2. The van der Waals surface area contributed by atoms with Crippen molar-refractivity contribution in [3.8, 4) is 0 Å². The van der Waals surface area contributed by atoms with E-state index in [0.717, 1.165) is 18.4 Å². The van der Waals surface area contributed by atoms with Crippen LogP contribution in [0.1, 0.15) is 82.8 Å². The summed E-state index contributed by atoms with van der Waals surface area (Å²) in [5.41, 5.74) is 1.07. The Morgan fingerprint density at radius 2 is 1.46 bits per heavy atom. The SMILES string of the molecule is CCCCCCCCCCCC(=O)OC(CN(C)C)c1ccccc1.Cl. The third-order valence-electron chi connectivity index (χ3n) is 4.46. The third-order valence-corrected chi connectivity index (χ3v) is 4.46. The predicted molar refractivity (Wildman–Crippen MR) is 113 cm³/mol. The van der Waals surface area contributed by atoms with Gasteiger partial charge in [-0.05, 0) is 26.1 Å². The molecule has 4 heteroatoms. The average Bonchev–Trinajstić information content (AvgIpc) is 2.60. The van der Waals surface area contributed by atoms with Crippen LogP contribution in [-0.2, 0) is 9.53 Å². The number of ether oxygens (including phenoxy) is 1. The van der Waals surface area contributed by atoms with E-state index in [1.807, 2.05) is 44.4 Å². The van der Waals surface area contributed by atoms with E-state index in [-0.39, 0.29) is 24.5 Å². The number of esters is 1. The molecule has 0 fully saturated rings. The van der Waals surface area contributed by atoms with Gasteiger partial charge in [-0.15, -0.1) is 12.4 Å². The Kier molecular flexibility index (Phi) is 15.5. The fourth-order valence-corrected chi connectivity index (χ4v) is 3.01. The zero-order chi connectivity index (χ0) is 18.3. The molecule has 0 N–H and O–H groups in total. The molecule has 3 nitrogen and oxygen atoms in total. The smallest absolute Gasteiger partial charge is 0.306 e. The highest BCUT2D eigenvalue weighted by molar-refractivity contribution is 5.85. The summed E-state index contributed by atoms with van der Waals surface area (Å²) in [6.07, 6.45) is 11.7. The van der Waals surface area contributed by atoms with Gasteiger partial charge >= 0.3 is 5.97 Å². The second-order valence-electron chi connectivity index (χ2n) is 7.23. The summed E-state index contributed by atoms with van der Waals surface area (Å²) >= 11 is 0. The number of hydrogen-bond donors (Lipinski definition) is 0. The minimum absolute atomic E-state index is 0. The second kappa shape index (κ2) is 16.1. The highest BCUT2D eigenvalue weighted by atomic mass is 35.5. The zero-order valence-corrected chi connectivity index (χ0v) is 17.7. The number of carbonyl (C=O) groups is 1. The van der Waals surface area contributed by atoms with Crippen LogP contribution >= 0.6 is 12.4 Å². The Morgan fingerprint density at radius 3 is 2.00 bits per heavy atom. The van der Waals surface area contributed by atoms with Crippen molar-refractivity contribution < 1.29 is 9.53 Å². The summed E-state index contributed by atoms with van der Waals surface area (Å²) in [6, 6.07) is 10.0. The maximum absolute atomic E-state index is 12.2. The Bertz CT molecular complexity index is 451. The summed E-state index contributed by atoms with van der Waals surface area (Å²) in [5.74, 6) is -0.0707. The molecule has 0 bridgehead atoms. The van der Waals surface area contributed by atoms with Crippen LogP contribution in [0.3, 0.4) is 0 Å². The Balaban J connectivity index is 0.00000625. The van der Waals surface area contributed by atoms with Crippen LogP contribution in [0.25, 0.3) is 0 Å². The highest BCUT2D eigenvalue weighted by Crippen LogP contribution is 2.19. The number of carbonyl (C=O) groups excluding carboxylic acids is 1. The minimum atomic E-state index is -0.178. The summed E-state index contributed by atoms with van der Waals surface area (Å²) in [4.78, 5) is 14.2. The average molecular weight is 384 g/mol. The largest absolute Gasteiger partial charge is 0.456 e. The van der Waals surface area contributed by atoms with Crippen molar-refractivity contribution in [2.75, 3.05) is 20.6 Å². The topological polar surface area (TPSA) is 29.5 Å². The predicted octanol–water partition coefficient (Wildman–Crippen LogP) is 6.18. The zero-order valence-electron chi connectivity index (χ0n) is 16.9. The molecule has 0 amide bonds. The molecule has 1 aromatic rings. The fraction of sp³-hybridized carbons (Fsp3) is 0.682. The van der Waals surface area contributed by atoms with E-state index in [0.29, 0.717) is 13.0 Å². The summed E-state index contributed by atoms with van der Waals surface area (Å²) in [5, 5.41) is 0. The van der Waals surface area contributed by atoms with Crippen molar-refractivity contribution in [3.63, 3.8) is 0 Å². The van der Waals surface area contributed by atoms with Gasteiger partial charge in [-0.25, -0.2) is 0 Å². The van der Waals surface area contributed by atoms with Crippen LogP contribution in [0.2, 0.25) is 0 Å². The quantitative estimate of drug-likeness (QED) is 0.284. The van der Waals surface area contributed by atoms with Crippen molar-refractivity contribution >= 4 is 18.4 Å². The summed E-state index contributed by atoms with van der Waals surface area (Å²) < 4.78 is 5.74. The highest BCUT2D eigenvalue weighted by Gasteiger charge is 2.17. The number of nitrogens with zero attached hydrogens (tertiary/aromatic N) is 1. The number of unbranched alkanes of at least 4 members (excludes halogenated alkanes) is 8. The molecule has 0 aliphatic carbocycles. The molecule has 0 heterocycles. The standard InChI is InChI=1S/C22H37NO2.ClH/c1-4-5-6-7-8-9-10-11-15-18-22(24)25-21(19-23(2)3)20-16-13-12-14-17-20;/h12-14,16-17,21H,4-11,15,18-19H2,1-3H3;1H. The number of likely N-dealkylation sites (N-methyl/N-ethyl adjacent to an activating group) is 1. The first-order chi connectivity index (χ1) is 12.1. The molecule has 0 aromatic heterocycles. The van der Waals surface area contributed by atoms with Gasteiger partial charge < -0.3 is 9.64 Å². The van der Waals surface area contributed by atoms with Crippen molar-refractivity contribution in [3.05, 3.63) is 35.9 Å². The molecular weight excluding hydrogens is 346 g/mol. The van der Waals surface area contributed by atoms with Crippen molar-refractivity contribution in [1.29, 1.82) is 0 Å². The van der Waals surface area contributed by atoms with E-state index >= 15 is 0 Å². The molecule has 26 heavy (non-hydrogen) atoms. The first-order valence-electron chi connectivity index (χ1n) is 10.0. The van der Waals surface area contributed by atoms with E-state index < -0.39 is 0 Å². The molecule has 0 radical (unpaired) electrons. The summed E-state index contributed by atoms with van der Waals surface area (Å²) in [6.45, 7) is 2.97. The lowest BCUT2D eigenvalue weighted by Crippen LogP contribution is -2.24. The Hall–Kier alpha value is -1.06. The van der Waals surface area contributed by atoms with Crippen LogP contribution in [-0.4, -0.2) is 31.5 Å². The molecule has 1 rings (SSSR count). The molecule has 0 aliphatic heterocycles. The molecule has 0 aliphatic rings. The maximum atomic E-state index is 12.2. The molecule has 1 atom stereocenters. The lowest BCUT2D eigenvalue weighted by molar-refractivity contribution is -0.150. The first kappa shape index (κ1) is 24.9. The second-order valence-corrected chi connectivity index (χ2v) is 7.23. The van der Waals surface area contributed by atoms with E-state index in [4.69, 9.17) is 4.74 Å². The van der Waals surface area contributed by atoms with Crippen LogP contribution in [0, 0.1) is 0 Å². The van der Waals surface area contributed by atoms with E-state index in [1.54, 1.807) is 0 Å². The Labute approximate surface area is 166 Å². The number of hydrogen-bond acceptors (Lipinski definition) is 3. The van der Waals surface area contributed by atoms with Gasteiger partial charge in [0.2, 0.25) is 0 Å². The molecule has 1 aromatic carbocycles. The molecule has 0 saturated heterocycles. The van der Waals surface area contributed by atoms with E-state index in [1.165, 1.54) is 44.9 Å². The molecule has 0 spiro atoms. The first-order valence-corrected chi connectivity index (χ1v) is 10.0. The van der Waals surface area contributed by atoms with Gasteiger partial charge in [0.25, 0.3) is 0 Å². The summed E-state index contributed by atoms with van der Waals surface area (Å²) in [7, 11) is 4.01. The van der Waals surface area contributed by atoms with Crippen molar-refractivity contribution in [2.24, 2.45) is 0 Å². The lowest BCUT2D eigenvalue weighted by Gasteiger charge is -2.22. The number of benzene rings is 1. The van der Waals surface area contributed by atoms with E-state index in [9.17, 15) is 4.79 Å².